The van der Waals surface area contributed by atoms with Crippen LogP contribution in [0.25, 0.3) is 10.4 Å². The second-order valence-corrected chi connectivity index (χ2v) is 7.53. The number of thiophene rings is 1. The van der Waals surface area contributed by atoms with E-state index >= 15 is 0 Å². The summed E-state index contributed by atoms with van der Waals surface area (Å²) in [6.45, 7) is 3.26. The first-order valence-electron chi connectivity index (χ1n) is 8.67. The van der Waals surface area contributed by atoms with Crippen LogP contribution in [-0.4, -0.2) is 23.1 Å². The van der Waals surface area contributed by atoms with E-state index < -0.39 is 18.0 Å². The van der Waals surface area contributed by atoms with Crippen LogP contribution in [0.4, 0.5) is 5.82 Å². The molecule has 1 N–H and O–H groups in total. The van der Waals surface area contributed by atoms with Gasteiger partial charge in [-0.1, -0.05) is 29.4 Å². The second kappa shape index (κ2) is 7.00. The molecule has 2 aromatic heterocycles. The van der Waals surface area contributed by atoms with Crippen LogP contribution in [0.15, 0.2) is 40.9 Å². The summed E-state index contributed by atoms with van der Waals surface area (Å²) in [5, 5.41) is 6.26. The number of anilines is 1. The lowest BCUT2D eigenvalue weighted by molar-refractivity contribution is -0.123. The highest BCUT2D eigenvalue weighted by atomic mass is 32.1. The van der Waals surface area contributed by atoms with Crippen LogP contribution in [0.2, 0.25) is 0 Å². The third-order valence-corrected chi connectivity index (χ3v) is 5.66. The van der Waals surface area contributed by atoms with Gasteiger partial charge >= 0.3 is 5.97 Å². The molecule has 3 aromatic rings. The molecule has 0 spiro atoms. The van der Waals surface area contributed by atoms with E-state index in [0.717, 1.165) is 23.3 Å². The highest BCUT2D eigenvalue weighted by Crippen LogP contribution is 2.39. The number of amides is 1. The van der Waals surface area contributed by atoms with Gasteiger partial charge in [0.25, 0.3) is 5.91 Å². The van der Waals surface area contributed by atoms with Gasteiger partial charge in [0.1, 0.15) is 10.6 Å². The monoisotopic (exact) mass is 382 g/mol. The number of rotatable bonds is 4. The molecule has 4 rings (SSSR count). The molecule has 1 atom stereocenters. The van der Waals surface area contributed by atoms with Crippen molar-refractivity contribution in [1.29, 1.82) is 0 Å². The highest BCUT2D eigenvalue weighted by molar-refractivity contribution is 7.17. The summed E-state index contributed by atoms with van der Waals surface area (Å²) in [5.74, 6) is -0.0721. The Morgan fingerprint density at radius 3 is 2.78 bits per heavy atom. The van der Waals surface area contributed by atoms with Gasteiger partial charge in [0.05, 0.1) is 0 Å². The van der Waals surface area contributed by atoms with Crippen LogP contribution < -0.4 is 5.32 Å². The van der Waals surface area contributed by atoms with Crippen molar-refractivity contribution in [3.63, 3.8) is 0 Å². The summed E-state index contributed by atoms with van der Waals surface area (Å²) < 4.78 is 10.2. The Bertz CT molecular complexity index is 1020. The van der Waals surface area contributed by atoms with Crippen molar-refractivity contribution >= 4 is 29.0 Å². The molecule has 0 aliphatic heterocycles. The fourth-order valence-corrected chi connectivity index (χ4v) is 4.25. The molecule has 1 aliphatic rings. The first-order chi connectivity index (χ1) is 13.0. The zero-order valence-corrected chi connectivity index (χ0v) is 15.8. The molecular formula is C20H18N2O4S. The number of carbonyl (C=O) groups is 2. The molecule has 1 unspecified atom stereocenters. The molecule has 1 aromatic carbocycles. The molecule has 7 heteroatoms. The van der Waals surface area contributed by atoms with Gasteiger partial charge < -0.3 is 14.6 Å². The third kappa shape index (κ3) is 3.50. The number of fused-ring (bicyclic) bond motifs is 3. The smallest absolute Gasteiger partial charge is 0.349 e. The fraction of sp³-hybridized carbons (Fsp3) is 0.250. The summed E-state index contributed by atoms with van der Waals surface area (Å²) in [6, 6.07) is 11.7. The molecule has 1 aliphatic carbocycles. The number of carbonyl (C=O) groups excluding carboxylic acids is 2. The van der Waals surface area contributed by atoms with Gasteiger partial charge in [0.2, 0.25) is 0 Å². The predicted octanol–water partition coefficient (Wildman–Crippen LogP) is 3.99. The normalized spacial score (nSPS) is 13.4. The van der Waals surface area contributed by atoms with Crippen LogP contribution in [0, 0.1) is 6.92 Å². The van der Waals surface area contributed by atoms with Crippen molar-refractivity contribution in [1.82, 2.24) is 5.16 Å². The maximum Gasteiger partial charge on any atom is 0.349 e. The van der Waals surface area contributed by atoms with Crippen molar-refractivity contribution in [3.8, 4) is 10.4 Å². The summed E-state index contributed by atoms with van der Waals surface area (Å²) in [7, 11) is 0. The molecule has 6 nitrogen and oxygen atoms in total. The Hall–Kier alpha value is -2.93. The molecule has 1 amide bonds. The highest BCUT2D eigenvalue weighted by Gasteiger charge is 2.25. The second-order valence-electron chi connectivity index (χ2n) is 6.48. The van der Waals surface area contributed by atoms with Crippen molar-refractivity contribution in [3.05, 3.63) is 58.2 Å². The number of hydrogen-bond acceptors (Lipinski definition) is 6. The Labute approximate surface area is 160 Å². The summed E-state index contributed by atoms with van der Waals surface area (Å²) in [4.78, 5) is 26.3. The molecule has 138 valence electrons. The largest absolute Gasteiger partial charge is 0.448 e. The fourth-order valence-electron chi connectivity index (χ4n) is 3.10. The average Bonchev–Trinajstić information content (AvgIpc) is 3.27. The standard InChI is InChI=1S/C20H18N2O4S/c1-11-9-17(22-26-11)21-19(23)12(2)25-20(24)16-10-14-8-7-13-5-3-4-6-15(13)18(14)27-16/h3-6,9-10,12H,7-8H2,1-2H3,(H,21,22,23). The number of esters is 1. The number of hydrogen-bond donors (Lipinski definition) is 1. The van der Waals surface area contributed by atoms with Gasteiger partial charge in [-0.15, -0.1) is 11.3 Å². The predicted molar refractivity (Wildman–Crippen MR) is 102 cm³/mol. The van der Waals surface area contributed by atoms with Gasteiger partial charge in [-0.3, -0.25) is 4.79 Å². The lowest BCUT2D eigenvalue weighted by Gasteiger charge is -2.15. The maximum atomic E-state index is 12.5. The number of aromatic nitrogens is 1. The van der Waals surface area contributed by atoms with E-state index in [0.29, 0.717) is 16.5 Å². The SMILES string of the molecule is Cc1cc(NC(=O)C(C)OC(=O)c2cc3c(s2)-c2ccccc2CC3)no1. The van der Waals surface area contributed by atoms with E-state index in [1.807, 2.05) is 18.2 Å². The minimum Gasteiger partial charge on any atom is -0.448 e. The summed E-state index contributed by atoms with van der Waals surface area (Å²) >= 11 is 1.41. The molecule has 0 bridgehead atoms. The zero-order chi connectivity index (χ0) is 19.0. The van der Waals surface area contributed by atoms with Crippen LogP contribution >= 0.6 is 11.3 Å². The van der Waals surface area contributed by atoms with E-state index in [4.69, 9.17) is 9.26 Å². The van der Waals surface area contributed by atoms with Gasteiger partial charge in [-0.05, 0) is 49.4 Å². The maximum absolute atomic E-state index is 12.5. The van der Waals surface area contributed by atoms with E-state index in [-0.39, 0.29) is 0 Å². The molecule has 0 saturated heterocycles. The summed E-state index contributed by atoms with van der Waals surface area (Å²) in [6.07, 6.45) is 0.919. The minimum absolute atomic E-state index is 0.295. The zero-order valence-electron chi connectivity index (χ0n) is 14.9. The number of benzene rings is 1. The molecule has 0 fully saturated rings. The third-order valence-electron chi connectivity index (χ3n) is 4.47. The Morgan fingerprint density at radius 1 is 1.22 bits per heavy atom. The lowest BCUT2D eigenvalue weighted by Crippen LogP contribution is -2.29. The van der Waals surface area contributed by atoms with Gasteiger partial charge in [-0.2, -0.15) is 0 Å². The molecule has 2 heterocycles. The van der Waals surface area contributed by atoms with Crippen molar-refractivity contribution in [2.24, 2.45) is 0 Å². The molecule has 0 radical (unpaired) electrons. The van der Waals surface area contributed by atoms with E-state index in [9.17, 15) is 9.59 Å². The Balaban J connectivity index is 1.46. The van der Waals surface area contributed by atoms with Crippen LogP contribution in [0.1, 0.15) is 33.5 Å². The van der Waals surface area contributed by atoms with Gasteiger partial charge in [0, 0.05) is 10.9 Å². The van der Waals surface area contributed by atoms with E-state index in [2.05, 4.69) is 22.6 Å². The average molecular weight is 382 g/mol. The van der Waals surface area contributed by atoms with Crippen molar-refractivity contribution in [2.75, 3.05) is 5.32 Å². The van der Waals surface area contributed by atoms with E-state index in [1.165, 1.54) is 29.4 Å². The van der Waals surface area contributed by atoms with Crippen molar-refractivity contribution < 1.29 is 18.8 Å². The number of aryl methyl sites for hydroxylation is 3. The Morgan fingerprint density at radius 2 is 2.00 bits per heavy atom. The summed E-state index contributed by atoms with van der Waals surface area (Å²) in [5.41, 5.74) is 3.62. The van der Waals surface area contributed by atoms with Crippen LogP contribution in [0.5, 0.6) is 0 Å². The minimum atomic E-state index is -0.944. The molecule has 0 saturated carbocycles. The molecule has 27 heavy (non-hydrogen) atoms. The lowest BCUT2D eigenvalue weighted by atomic mass is 9.91. The number of nitrogens with zero attached hydrogens (tertiary/aromatic N) is 1. The Kier molecular flexibility index (Phi) is 4.53. The van der Waals surface area contributed by atoms with E-state index in [1.54, 1.807) is 13.0 Å². The van der Waals surface area contributed by atoms with Gasteiger partial charge in [-0.25, -0.2) is 4.79 Å². The number of ether oxygens (including phenoxy) is 1. The topological polar surface area (TPSA) is 81.4 Å². The van der Waals surface area contributed by atoms with Crippen LogP contribution in [0.3, 0.4) is 0 Å². The number of nitrogens with one attached hydrogen (secondary N) is 1. The van der Waals surface area contributed by atoms with Crippen LogP contribution in [-0.2, 0) is 22.4 Å². The van der Waals surface area contributed by atoms with Crippen molar-refractivity contribution in [2.45, 2.75) is 32.8 Å². The first kappa shape index (κ1) is 17.5. The molecular weight excluding hydrogens is 364 g/mol. The first-order valence-corrected chi connectivity index (χ1v) is 9.49. The van der Waals surface area contributed by atoms with Gasteiger partial charge in [0.15, 0.2) is 11.9 Å². The quantitative estimate of drug-likeness (QED) is 0.690.